The molecule has 0 atom stereocenters. The van der Waals surface area contributed by atoms with Gasteiger partial charge < -0.3 is 0 Å². The van der Waals surface area contributed by atoms with Crippen LogP contribution in [-0.4, -0.2) is 25.6 Å². The molecule has 0 fully saturated rings. The van der Waals surface area contributed by atoms with Crippen molar-refractivity contribution in [1.29, 1.82) is 5.26 Å². The first kappa shape index (κ1) is 12.6. The van der Waals surface area contributed by atoms with Crippen LogP contribution < -0.4 is 0 Å². The molecule has 0 radical (unpaired) electrons. The summed E-state index contributed by atoms with van der Waals surface area (Å²) in [5.74, 6) is 1.08. The zero-order valence-corrected chi connectivity index (χ0v) is 11.6. The molecule has 3 rings (SSSR count). The molecule has 0 N–H and O–H groups in total. The second-order valence-corrected chi connectivity index (χ2v) is 5.27. The molecule has 0 aliphatic heterocycles. The van der Waals surface area contributed by atoms with Crippen molar-refractivity contribution in [2.24, 2.45) is 0 Å². The van der Waals surface area contributed by atoms with Crippen LogP contribution in [0.1, 0.15) is 5.56 Å². The lowest BCUT2D eigenvalue weighted by molar-refractivity contribution is 0.861. The van der Waals surface area contributed by atoms with Gasteiger partial charge in [-0.25, -0.2) is 0 Å². The molecular weight excluding hydrogens is 270 g/mol. The molecule has 3 aromatic rings. The van der Waals surface area contributed by atoms with Crippen molar-refractivity contribution in [2.45, 2.75) is 11.9 Å². The summed E-state index contributed by atoms with van der Waals surface area (Å²) in [6.07, 6.45) is 0. The second-order valence-electron chi connectivity index (χ2n) is 4.28. The first-order valence-corrected chi connectivity index (χ1v) is 7.06. The molecular formula is C14H11N5S. The van der Waals surface area contributed by atoms with E-state index in [-0.39, 0.29) is 0 Å². The Morgan fingerprint density at radius 1 is 1.15 bits per heavy atom. The number of benzene rings is 1. The smallest absolute Gasteiger partial charge is 0.185 e. The SMILES string of the molecule is Cc1ccc(-c2nnc3ccc(SCC#N)nn23)cc1. The minimum absolute atomic E-state index is 0.375. The largest absolute Gasteiger partial charge is 0.197 e. The first-order chi connectivity index (χ1) is 9.78. The quantitative estimate of drug-likeness (QED) is 0.690. The molecule has 0 spiro atoms. The van der Waals surface area contributed by atoms with Crippen molar-refractivity contribution in [1.82, 2.24) is 19.8 Å². The number of rotatable bonds is 3. The van der Waals surface area contributed by atoms with Gasteiger partial charge in [0.25, 0.3) is 0 Å². The van der Waals surface area contributed by atoms with Crippen LogP contribution in [0.5, 0.6) is 0 Å². The second kappa shape index (κ2) is 5.31. The molecule has 0 aliphatic carbocycles. The number of aromatic nitrogens is 4. The molecule has 98 valence electrons. The predicted molar refractivity (Wildman–Crippen MR) is 77.3 cm³/mol. The third kappa shape index (κ3) is 2.36. The van der Waals surface area contributed by atoms with E-state index >= 15 is 0 Å². The molecule has 0 bridgehead atoms. The van der Waals surface area contributed by atoms with Gasteiger partial charge in [-0.1, -0.05) is 41.6 Å². The van der Waals surface area contributed by atoms with Crippen LogP contribution in [0, 0.1) is 18.3 Å². The van der Waals surface area contributed by atoms with Crippen LogP contribution in [0.3, 0.4) is 0 Å². The van der Waals surface area contributed by atoms with Gasteiger partial charge in [0.2, 0.25) is 0 Å². The summed E-state index contributed by atoms with van der Waals surface area (Å²) in [7, 11) is 0. The fourth-order valence-electron chi connectivity index (χ4n) is 1.84. The molecule has 0 saturated carbocycles. The monoisotopic (exact) mass is 281 g/mol. The van der Waals surface area contributed by atoms with Crippen LogP contribution in [-0.2, 0) is 0 Å². The zero-order chi connectivity index (χ0) is 13.9. The van der Waals surface area contributed by atoms with E-state index in [1.807, 2.05) is 43.3 Å². The minimum Gasteiger partial charge on any atom is -0.197 e. The lowest BCUT2D eigenvalue weighted by Gasteiger charge is -2.01. The van der Waals surface area contributed by atoms with E-state index in [0.29, 0.717) is 17.2 Å². The number of aryl methyl sites for hydroxylation is 1. The summed E-state index contributed by atoms with van der Waals surface area (Å²) >= 11 is 1.40. The first-order valence-electron chi connectivity index (χ1n) is 6.07. The normalized spacial score (nSPS) is 10.6. The van der Waals surface area contributed by atoms with Crippen molar-refractivity contribution in [3.63, 3.8) is 0 Å². The van der Waals surface area contributed by atoms with E-state index in [2.05, 4.69) is 21.4 Å². The average molecular weight is 281 g/mol. The lowest BCUT2D eigenvalue weighted by atomic mass is 10.1. The minimum atomic E-state index is 0.375. The fraction of sp³-hybridized carbons (Fsp3) is 0.143. The summed E-state index contributed by atoms with van der Waals surface area (Å²) in [5.41, 5.74) is 2.86. The zero-order valence-electron chi connectivity index (χ0n) is 10.8. The van der Waals surface area contributed by atoms with E-state index in [9.17, 15) is 0 Å². The molecule has 0 saturated heterocycles. The summed E-state index contributed by atoms with van der Waals surface area (Å²) in [5, 5.41) is 22.2. The molecule has 0 unspecified atom stereocenters. The Morgan fingerprint density at radius 2 is 1.95 bits per heavy atom. The highest BCUT2D eigenvalue weighted by Crippen LogP contribution is 2.20. The van der Waals surface area contributed by atoms with Gasteiger partial charge in [-0.3, -0.25) is 0 Å². The number of thioether (sulfide) groups is 1. The number of fused-ring (bicyclic) bond motifs is 1. The maximum Gasteiger partial charge on any atom is 0.185 e. The van der Waals surface area contributed by atoms with E-state index in [1.54, 1.807) is 4.52 Å². The van der Waals surface area contributed by atoms with Crippen LogP contribution in [0.2, 0.25) is 0 Å². The molecule has 5 nitrogen and oxygen atoms in total. The molecule has 2 aromatic heterocycles. The third-order valence-corrected chi connectivity index (χ3v) is 3.62. The van der Waals surface area contributed by atoms with Gasteiger partial charge in [-0.15, -0.1) is 10.2 Å². The maximum absolute atomic E-state index is 8.63. The lowest BCUT2D eigenvalue weighted by Crippen LogP contribution is -1.96. The summed E-state index contributed by atoms with van der Waals surface area (Å²) in [6.45, 7) is 2.04. The van der Waals surface area contributed by atoms with Gasteiger partial charge in [0.15, 0.2) is 11.5 Å². The van der Waals surface area contributed by atoms with Gasteiger partial charge in [-0.05, 0) is 19.1 Å². The van der Waals surface area contributed by atoms with Gasteiger partial charge in [0.05, 0.1) is 11.8 Å². The Hall–Kier alpha value is -2.39. The van der Waals surface area contributed by atoms with Crippen LogP contribution in [0.25, 0.3) is 17.0 Å². The number of nitriles is 1. The summed E-state index contributed by atoms with van der Waals surface area (Å²) in [6, 6.07) is 13.9. The Balaban J connectivity index is 2.07. The molecule has 20 heavy (non-hydrogen) atoms. The molecule has 2 heterocycles. The Morgan fingerprint density at radius 3 is 2.70 bits per heavy atom. The van der Waals surface area contributed by atoms with Crippen molar-refractivity contribution < 1.29 is 0 Å². The van der Waals surface area contributed by atoms with Crippen molar-refractivity contribution in [3.8, 4) is 17.5 Å². The number of nitrogens with zero attached hydrogens (tertiary/aromatic N) is 5. The average Bonchev–Trinajstić information content (AvgIpc) is 2.89. The highest BCUT2D eigenvalue weighted by Gasteiger charge is 2.09. The fourth-order valence-corrected chi connectivity index (χ4v) is 2.35. The van der Waals surface area contributed by atoms with E-state index < -0.39 is 0 Å². The Labute approximate surface area is 120 Å². The number of hydrogen-bond acceptors (Lipinski definition) is 5. The van der Waals surface area contributed by atoms with Crippen LogP contribution >= 0.6 is 11.8 Å². The molecule has 0 amide bonds. The van der Waals surface area contributed by atoms with Gasteiger partial charge in [0.1, 0.15) is 5.03 Å². The van der Waals surface area contributed by atoms with Crippen molar-refractivity contribution in [2.75, 3.05) is 5.75 Å². The summed E-state index contributed by atoms with van der Waals surface area (Å²) < 4.78 is 1.71. The topological polar surface area (TPSA) is 66.9 Å². The van der Waals surface area contributed by atoms with Crippen molar-refractivity contribution >= 4 is 17.4 Å². The molecule has 6 heteroatoms. The Kier molecular flexibility index (Phi) is 3.35. The van der Waals surface area contributed by atoms with Crippen molar-refractivity contribution in [3.05, 3.63) is 42.0 Å². The highest BCUT2D eigenvalue weighted by molar-refractivity contribution is 7.99. The summed E-state index contributed by atoms with van der Waals surface area (Å²) in [4.78, 5) is 0. The van der Waals surface area contributed by atoms with E-state index in [1.165, 1.54) is 17.3 Å². The predicted octanol–water partition coefficient (Wildman–Crippen LogP) is 2.72. The molecule has 1 aromatic carbocycles. The standard InChI is InChI=1S/C14H11N5S/c1-10-2-4-11(5-3-10)14-17-16-12-6-7-13(18-19(12)14)20-9-8-15/h2-7H,9H2,1H3. The molecule has 0 aliphatic rings. The van der Waals surface area contributed by atoms with E-state index in [0.717, 1.165) is 10.6 Å². The highest BCUT2D eigenvalue weighted by atomic mass is 32.2. The van der Waals surface area contributed by atoms with E-state index in [4.69, 9.17) is 5.26 Å². The third-order valence-electron chi connectivity index (χ3n) is 2.83. The number of hydrogen-bond donors (Lipinski definition) is 0. The Bertz CT molecular complexity index is 785. The van der Waals surface area contributed by atoms with Crippen LogP contribution in [0.4, 0.5) is 0 Å². The van der Waals surface area contributed by atoms with Gasteiger partial charge in [-0.2, -0.15) is 14.9 Å². The maximum atomic E-state index is 8.63. The van der Waals surface area contributed by atoms with Crippen LogP contribution in [0.15, 0.2) is 41.4 Å². The van der Waals surface area contributed by atoms with Gasteiger partial charge >= 0.3 is 0 Å². The van der Waals surface area contributed by atoms with Gasteiger partial charge in [0, 0.05) is 5.56 Å².